The summed E-state index contributed by atoms with van der Waals surface area (Å²) in [5.74, 6) is -0.419. The fourth-order valence-electron chi connectivity index (χ4n) is 2.73. The van der Waals surface area contributed by atoms with Crippen LogP contribution < -0.4 is 10.2 Å². The Kier molecular flexibility index (Phi) is 3.79. The Balaban J connectivity index is 1.74. The van der Waals surface area contributed by atoms with Crippen molar-refractivity contribution in [2.75, 3.05) is 36.5 Å². The molecule has 3 heterocycles. The van der Waals surface area contributed by atoms with Gasteiger partial charge < -0.3 is 25.0 Å². The number of aromatic carboxylic acids is 1. The average Bonchev–Trinajstić information content (AvgIpc) is 3.23. The number of ether oxygens (including phenoxy) is 1. The molecule has 8 nitrogen and oxygen atoms in total. The molecule has 0 unspecified atom stereocenters. The highest BCUT2D eigenvalue weighted by molar-refractivity contribution is 7.13. The van der Waals surface area contributed by atoms with Crippen molar-refractivity contribution in [1.29, 1.82) is 0 Å². The number of benzene rings is 1. The molecule has 0 saturated carbocycles. The van der Waals surface area contributed by atoms with Gasteiger partial charge in [-0.15, -0.1) is 11.3 Å². The molecule has 3 aromatic rings. The zero-order valence-corrected chi connectivity index (χ0v) is 13.5. The summed E-state index contributed by atoms with van der Waals surface area (Å²) in [5, 5.41) is 15.2. The SMILES string of the molecule is O=C(O)c1cc2[nH]c(Nc3nccs3)nc2cc1N1CCOCC1. The second-order valence-corrected chi connectivity index (χ2v) is 6.23. The van der Waals surface area contributed by atoms with Crippen molar-refractivity contribution in [2.45, 2.75) is 0 Å². The molecule has 1 aromatic carbocycles. The average molecular weight is 345 g/mol. The van der Waals surface area contributed by atoms with Crippen LogP contribution in [0.2, 0.25) is 0 Å². The zero-order valence-electron chi connectivity index (χ0n) is 12.7. The predicted molar refractivity (Wildman–Crippen MR) is 91.5 cm³/mol. The number of morpholine rings is 1. The first-order valence-electron chi connectivity index (χ1n) is 7.47. The van der Waals surface area contributed by atoms with Crippen molar-refractivity contribution in [3.8, 4) is 0 Å². The number of fused-ring (bicyclic) bond motifs is 1. The van der Waals surface area contributed by atoms with E-state index in [1.54, 1.807) is 12.3 Å². The highest BCUT2D eigenvalue weighted by Crippen LogP contribution is 2.28. The lowest BCUT2D eigenvalue weighted by Gasteiger charge is -2.29. The van der Waals surface area contributed by atoms with Crippen LogP contribution in [0, 0.1) is 0 Å². The van der Waals surface area contributed by atoms with Gasteiger partial charge in [0.15, 0.2) is 5.13 Å². The van der Waals surface area contributed by atoms with Crippen molar-refractivity contribution >= 4 is 45.1 Å². The van der Waals surface area contributed by atoms with E-state index < -0.39 is 5.97 Å². The molecule has 1 aliphatic rings. The summed E-state index contributed by atoms with van der Waals surface area (Å²) < 4.78 is 5.35. The van der Waals surface area contributed by atoms with Crippen molar-refractivity contribution in [1.82, 2.24) is 15.0 Å². The minimum atomic E-state index is -0.956. The second-order valence-electron chi connectivity index (χ2n) is 5.34. The number of carboxylic acids is 1. The summed E-state index contributed by atoms with van der Waals surface area (Å²) in [7, 11) is 0. The first-order valence-corrected chi connectivity index (χ1v) is 8.35. The molecule has 0 radical (unpaired) electrons. The number of H-pyrrole nitrogens is 1. The van der Waals surface area contributed by atoms with Crippen molar-refractivity contribution < 1.29 is 14.6 Å². The Bertz CT molecular complexity index is 871. The number of imidazole rings is 1. The van der Waals surface area contributed by atoms with E-state index in [4.69, 9.17) is 4.74 Å². The summed E-state index contributed by atoms with van der Waals surface area (Å²) in [6.07, 6.45) is 1.70. The summed E-state index contributed by atoms with van der Waals surface area (Å²) >= 11 is 1.46. The van der Waals surface area contributed by atoms with Gasteiger partial charge in [0.05, 0.1) is 35.5 Å². The third kappa shape index (κ3) is 2.79. The summed E-state index contributed by atoms with van der Waals surface area (Å²) in [6.45, 7) is 2.52. The summed E-state index contributed by atoms with van der Waals surface area (Å²) in [4.78, 5) is 25.4. The zero-order chi connectivity index (χ0) is 16.5. The van der Waals surface area contributed by atoms with Gasteiger partial charge in [0.2, 0.25) is 5.95 Å². The number of rotatable bonds is 4. The minimum absolute atomic E-state index is 0.258. The van der Waals surface area contributed by atoms with E-state index in [-0.39, 0.29) is 5.56 Å². The van der Waals surface area contributed by atoms with Crippen LogP contribution in [0.4, 0.5) is 16.8 Å². The third-order valence-corrected chi connectivity index (χ3v) is 4.53. The monoisotopic (exact) mass is 345 g/mol. The van der Waals surface area contributed by atoms with Gasteiger partial charge in [-0.05, 0) is 12.1 Å². The molecular formula is C15H15N5O3S. The molecule has 0 atom stereocenters. The molecule has 0 bridgehead atoms. The number of hydrogen-bond acceptors (Lipinski definition) is 7. The molecule has 124 valence electrons. The van der Waals surface area contributed by atoms with E-state index >= 15 is 0 Å². The molecule has 1 aliphatic heterocycles. The van der Waals surface area contributed by atoms with Crippen LogP contribution in [0.15, 0.2) is 23.7 Å². The fourth-order valence-corrected chi connectivity index (χ4v) is 3.26. The maximum Gasteiger partial charge on any atom is 0.337 e. The Morgan fingerprint density at radius 1 is 1.38 bits per heavy atom. The number of carboxylic acid groups (broad SMARTS) is 1. The smallest absolute Gasteiger partial charge is 0.337 e. The van der Waals surface area contributed by atoms with Gasteiger partial charge in [-0.25, -0.2) is 14.8 Å². The maximum absolute atomic E-state index is 11.7. The number of nitrogens with one attached hydrogen (secondary N) is 2. The Hall–Kier alpha value is -2.65. The van der Waals surface area contributed by atoms with E-state index in [2.05, 4.69) is 20.3 Å². The van der Waals surface area contributed by atoms with Gasteiger partial charge >= 0.3 is 5.97 Å². The van der Waals surface area contributed by atoms with Crippen LogP contribution in [0.25, 0.3) is 11.0 Å². The largest absolute Gasteiger partial charge is 0.478 e. The number of thiazole rings is 1. The third-order valence-electron chi connectivity index (χ3n) is 3.84. The van der Waals surface area contributed by atoms with Crippen molar-refractivity contribution in [3.05, 3.63) is 29.3 Å². The number of carbonyl (C=O) groups is 1. The molecule has 24 heavy (non-hydrogen) atoms. The number of anilines is 3. The van der Waals surface area contributed by atoms with Gasteiger partial charge in [0, 0.05) is 24.7 Å². The molecule has 0 amide bonds. The van der Waals surface area contributed by atoms with Gasteiger partial charge in [0.1, 0.15) is 0 Å². The Morgan fingerprint density at radius 2 is 2.21 bits per heavy atom. The standard InChI is InChI=1S/C15H15N5O3S/c21-13(22)9-7-10-11(8-12(9)20-2-4-23-5-3-20)18-14(17-10)19-15-16-1-6-24-15/h1,6-8H,2-5H2,(H,21,22)(H2,16,17,18,19). The molecule has 1 fully saturated rings. The van der Waals surface area contributed by atoms with Crippen molar-refractivity contribution in [2.24, 2.45) is 0 Å². The van der Waals surface area contributed by atoms with Gasteiger partial charge in [0.25, 0.3) is 0 Å². The Morgan fingerprint density at radius 3 is 2.92 bits per heavy atom. The number of hydrogen-bond donors (Lipinski definition) is 3. The lowest BCUT2D eigenvalue weighted by Crippen LogP contribution is -2.37. The number of aromatic amines is 1. The van der Waals surface area contributed by atoms with E-state index in [0.29, 0.717) is 49.0 Å². The summed E-state index contributed by atoms with van der Waals surface area (Å²) in [6, 6.07) is 3.44. The van der Waals surface area contributed by atoms with Gasteiger partial charge in [-0.3, -0.25) is 0 Å². The molecule has 2 aromatic heterocycles. The second kappa shape index (κ2) is 6.10. The summed E-state index contributed by atoms with van der Waals surface area (Å²) in [5.41, 5.74) is 2.31. The maximum atomic E-state index is 11.7. The molecular weight excluding hydrogens is 330 g/mol. The van der Waals surface area contributed by atoms with Crippen LogP contribution in [-0.2, 0) is 4.74 Å². The van der Waals surface area contributed by atoms with E-state index in [0.717, 1.165) is 5.13 Å². The molecule has 0 spiro atoms. The normalized spacial score (nSPS) is 14.9. The lowest BCUT2D eigenvalue weighted by atomic mass is 10.1. The predicted octanol–water partition coefficient (Wildman–Crippen LogP) is 2.30. The lowest BCUT2D eigenvalue weighted by molar-refractivity contribution is 0.0696. The van der Waals surface area contributed by atoms with Crippen molar-refractivity contribution in [3.63, 3.8) is 0 Å². The number of nitrogens with zero attached hydrogens (tertiary/aromatic N) is 3. The van der Waals surface area contributed by atoms with E-state index in [1.165, 1.54) is 11.3 Å². The molecule has 9 heteroatoms. The van der Waals surface area contributed by atoms with E-state index in [9.17, 15) is 9.90 Å². The topological polar surface area (TPSA) is 103 Å². The van der Waals surface area contributed by atoms with E-state index in [1.807, 2.05) is 16.3 Å². The van der Waals surface area contributed by atoms with Crippen LogP contribution in [0.3, 0.4) is 0 Å². The molecule has 1 saturated heterocycles. The fraction of sp³-hybridized carbons (Fsp3) is 0.267. The number of aromatic nitrogens is 3. The van der Waals surface area contributed by atoms with Gasteiger partial charge in [-0.1, -0.05) is 0 Å². The van der Waals surface area contributed by atoms with Crippen LogP contribution in [0.1, 0.15) is 10.4 Å². The first kappa shape index (κ1) is 14.9. The van der Waals surface area contributed by atoms with Crippen LogP contribution in [-0.4, -0.2) is 52.3 Å². The first-order chi connectivity index (χ1) is 11.7. The Labute approximate surface area is 141 Å². The quantitative estimate of drug-likeness (QED) is 0.666. The highest BCUT2D eigenvalue weighted by Gasteiger charge is 2.20. The molecule has 3 N–H and O–H groups in total. The molecule has 0 aliphatic carbocycles. The minimum Gasteiger partial charge on any atom is -0.478 e. The van der Waals surface area contributed by atoms with Gasteiger partial charge in [-0.2, -0.15) is 0 Å². The highest BCUT2D eigenvalue weighted by atomic mass is 32.1. The van der Waals surface area contributed by atoms with Crippen LogP contribution >= 0.6 is 11.3 Å². The molecule has 4 rings (SSSR count). The van der Waals surface area contributed by atoms with Crippen LogP contribution in [0.5, 0.6) is 0 Å².